The Morgan fingerprint density at radius 3 is 0.900 bits per heavy atom. The molecule has 40 heavy (non-hydrogen) atoms. The Hall–Kier alpha value is -6.62. The van der Waals surface area contributed by atoms with Crippen LogP contribution in [0.15, 0.2) is 60.7 Å². The van der Waals surface area contributed by atoms with Crippen LogP contribution in [0.2, 0.25) is 0 Å². The summed E-state index contributed by atoms with van der Waals surface area (Å²) in [5, 5.41) is 40.1. The molecular weight excluding hydrogens is 508 g/mol. The van der Waals surface area contributed by atoms with Gasteiger partial charge < -0.3 is 0 Å². The third-order valence-electron chi connectivity index (χ3n) is 6.89. The molecule has 4 aromatic carbocycles. The van der Waals surface area contributed by atoms with Gasteiger partial charge in [0.25, 0.3) is 23.6 Å². The average Bonchev–Trinajstić information content (AvgIpc) is 2.98. The van der Waals surface area contributed by atoms with Gasteiger partial charge in [-0.1, -0.05) is 36.4 Å². The molecule has 6 rings (SSSR count). The van der Waals surface area contributed by atoms with E-state index in [-0.39, 0.29) is 22.1 Å². The van der Waals surface area contributed by atoms with Gasteiger partial charge in [0.2, 0.25) is 0 Å². The number of benzene rings is 4. The quantitative estimate of drug-likeness (QED) is 0.359. The highest BCUT2D eigenvalue weighted by atomic mass is 16.2. The standard InChI is InChI=1S/C30H10N6O4/c31-11-17-19(13-33)23-26-24(30(40)36(29(23)39)16-9-5-2-6-10-16)20(14-34)18(12-32)22-25(26)21(17)27(37)35(28(22)38)15-7-3-1-4-8-15/h1-10H. The maximum Gasteiger partial charge on any atom is 0.267 e. The molecule has 2 heterocycles. The topological polar surface area (TPSA) is 170 Å². The fourth-order valence-corrected chi connectivity index (χ4v) is 5.31. The normalized spacial score (nSPS) is 13.5. The molecule has 10 nitrogen and oxygen atoms in total. The van der Waals surface area contributed by atoms with Crippen LogP contribution in [0.5, 0.6) is 0 Å². The minimum Gasteiger partial charge on any atom is -0.268 e. The lowest BCUT2D eigenvalue weighted by Gasteiger charge is -2.34. The summed E-state index contributed by atoms with van der Waals surface area (Å²) in [4.78, 5) is 57.1. The van der Waals surface area contributed by atoms with Crippen LogP contribution >= 0.6 is 0 Å². The van der Waals surface area contributed by atoms with Crippen molar-refractivity contribution >= 4 is 45.8 Å². The van der Waals surface area contributed by atoms with Gasteiger partial charge in [0.1, 0.15) is 24.3 Å². The van der Waals surface area contributed by atoms with E-state index in [0.717, 1.165) is 9.80 Å². The van der Waals surface area contributed by atoms with E-state index in [1.807, 2.05) is 24.3 Å². The van der Waals surface area contributed by atoms with Crippen LogP contribution < -0.4 is 9.80 Å². The van der Waals surface area contributed by atoms with Gasteiger partial charge >= 0.3 is 0 Å². The third-order valence-corrected chi connectivity index (χ3v) is 6.89. The lowest BCUT2D eigenvalue weighted by Crippen LogP contribution is -2.45. The van der Waals surface area contributed by atoms with Crippen molar-refractivity contribution in [3.8, 4) is 24.3 Å². The summed E-state index contributed by atoms with van der Waals surface area (Å²) in [7, 11) is 0. The number of hydrogen-bond acceptors (Lipinski definition) is 8. The summed E-state index contributed by atoms with van der Waals surface area (Å²) in [6.07, 6.45) is 0. The van der Waals surface area contributed by atoms with Gasteiger partial charge in [-0.2, -0.15) is 21.0 Å². The fraction of sp³-hybridized carbons (Fsp3) is 0. The molecule has 4 amide bonds. The first-order chi connectivity index (χ1) is 19.4. The number of nitriles is 4. The van der Waals surface area contributed by atoms with E-state index >= 15 is 0 Å². The lowest BCUT2D eigenvalue weighted by molar-refractivity contribution is 0.0872. The highest BCUT2D eigenvalue weighted by Gasteiger charge is 2.47. The van der Waals surface area contributed by atoms with Crippen molar-refractivity contribution in [2.45, 2.75) is 0 Å². The van der Waals surface area contributed by atoms with Crippen molar-refractivity contribution in [1.29, 1.82) is 21.0 Å². The molecule has 0 radical (unpaired) electrons. The number of anilines is 2. The van der Waals surface area contributed by atoms with Crippen LogP contribution in [0.3, 0.4) is 0 Å². The largest absolute Gasteiger partial charge is 0.268 e. The summed E-state index contributed by atoms with van der Waals surface area (Å²) in [5.41, 5.74) is -3.36. The highest BCUT2D eigenvalue weighted by molar-refractivity contribution is 6.44. The summed E-state index contributed by atoms with van der Waals surface area (Å²) < 4.78 is 0. The Balaban J connectivity index is 1.87. The smallest absolute Gasteiger partial charge is 0.267 e. The number of imide groups is 2. The van der Waals surface area contributed by atoms with E-state index in [4.69, 9.17) is 0 Å². The van der Waals surface area contributed by atoms with Crippen LogP contribution in [0.4, 0.5) is 11.4 Å². The van der Waals surface area contributed by atoms with Crippen molar-refractivity contribution in [3.05, 3.63) is 105 Å². The van der Waals surface area contributed by atoms with Gasteiger partial charge in [0.15, 0.2) is 0 Å². The van der Waals surface area contributed by atoms with Crippen molar-refractivity contribution < 1.29 is 19.2 Å². The molecule has 0 N–H and O–H groups in total. The molecule has 4 aromatic rings. The zero-order valence-electron chi connectivity index (χ0n) is 20.1. The zero-order valence-corrected chi connectivity index (χ0v) is 20.1. The summed E-state index contributed by atoms with van der Waals surface area (Å²) >= 11 is 0. The molecule has 0 saturated heterocycles. The second-order valence-corrected chi connectivity index (χ2v) is 8.76. The Morgan fingerprint density at radius 1 is 0.425 bits per heavy atom. The Labute approximate surface area is 225 Å². The molecule has 184 valence electrons. The second kappa shape index (κ2) is 8.46. The number of nitrogens with zero attached hydrogens (tertiary/aromatic N) is 6. The molecule has 0 aliphatic carbocycles. The van der Waals surface area contributed by atoms with Crippen LogP contribution in [0.1, 0.15) is 63.7 Å². The van der Waals surface area contributed by atoms with E-state index in [2.05, 4.69) is 0 Å². The van der Waals surface area contributed by atoms with Crippen LogP contribution in [-0.4, -0.2) is 23.6 Å². The Bertz CT molecular complexity index is 1820. The van der Waals surface area contributed by atoms with Crippen molar-refractivity contribution in [2.75, 3.05) is 9.80 Å². The molecule has 0 spiro atoms. The van der Waals surface area contributed by atoms with Gasteiger partial charge in [0, 0.05) is 10.8 Å². The van der Waals surface area contributed by atoms with Gasteiger partial charge in [-0.15, -0.1) is 0 Å². The van der Waals surface area contributed by atoms with Crippen LogP contribution in [0.25, 0.3) is 10.8 Å². The number of para-hydroxylation sites is 2. The molecule has 0 fully saturated rings. The SMILES string of the molecule is N#Cc1c(C#N)c2c3c(c(C#N)c(C#N)c4c3c1C(=O)N(c1ccccc1)C4=O)C(=O)N(c1ccccc1)C2=O. The second-order valence-electron chi connectivity index (χ2n) is 8.76. The maximum absolute atomic E-state index is 13.9. The molecule has 2 aliphatic heterocycles. The van der Waals surface area contributed by atoms with Crippen molar-refractivity contribution in [3.63, 3.8) is 0 Å². The summed E-state index contributed by atoms with van der Waals surface area (Å²) in [6.45, 7) is 0. The number of amides is 4. The monoisotopic (exact) mass is 518 g/mol. The zero-order chi connectivity index (χ0) is 28.3. The first-order valence-corrected chi connectivity index (χ1v) is 11.6. The lowest BCUT2D eigenvalue weighted by atomic mass is 9.77. The molecule has 0 atom stereocenters. The molecule has 0 bridgehead atoms. The summed E-state index contributed by atoms with van der Waals surface area (Å²) in [6, 6.07) is 22.7. The van der Waals surface area contributed by atoms with Crippen molar-refractivity contribution in [2.24, 2.45) is 0 Å². The van der Waals surface area contributed by atoms with Gasteiger partial charge in [-0.05, 0) is 24.3 Å². The van der Waals surface area contributed by atoms with E-state index in [1.165, 1.54) is 24.3 Å². The van der Waals surface area contributed by atoms with E-state index in [9.17, 15) is 40.2 Å². The van der Waals surface area contributed by atoms with Gasteiger partial charge in [-0.3, -0.25) is 19.2 Å². The minimum atomic E-state index is -0.978. The van der Waals surface area contributed by atoms with E-state index in [1.54, 1.807) is 36.4 Å². The average molecular weight is 518 g/mol. The first kappa shape index (κ1) is 23.8. The van der Waals surface area contributed by atoms with Gasteiger partial charge in [0.05, 0.1) is 55.9 Å². The maximum atomic E-state index is 13.9. The van der Waals surface area contributed by atoms with Crippen LogP contribution in [-0.2, 0) is 0 Å². The first-order valence-electron chi connectivity index (χ1n) is 11.6. The highest BCUT2D eigenvalue weighted by Crippen LogP contribution is 2.46. The minimum absolute atomic E-state index is 0.115. The third kappa shape index (κ3) is 2.82. The molecule has 0 unspecified atom stereocenters. The summed E-state index contributed by atoms with van der Waals surface area (Å²) in [5.74, 6) is -3.91. The molecular formula is C30H10N6O4. The predicted octanol–water partition coefficient (Wildman–Crippen LogP) is 3.93. The number of hydrogen-bond donors (Lipinski definition) is 0. The van der Waals surface area contributed by atoms with Gasteiger partial charge in [-0.25, -0.2) is 9.80 Å². The fourth-order valence-electron chi connectivity index (χ4n) is 5.31. The van der Waals surface area contributed by atoms with E-state index in [0.29, 0.717) is 0 Å². The van der Waals surface area contributed by atoms with Crippen molar-refractivity contribution in [1.82, 2.24) is 0 Å². The van der Waals surface area contributed by atoms with Crippen LogP contribution in [0, 0.1) is 45.3 Å². The Morgan fingerprint density at radius 2 is 0.675 bits per heavy atom. The number of carbonyl (C=O) groups excluding carboxylic acids is 4. The van der Waals surface area contributed by atoms with E-state index < -0.39 is 68.1 Å². The molecule has 0 aromatic heterocycles. The molecule has 2 aliphatic rings. The number of carbonyl (C=O) groups is 4. The Kier molecular flexibility index (Phi) is 5.03. The molecule has 0 saturated carbocycles. The molecule has 10 heteroatoms. The predicted molar refractivity (Wildman–Crippen MR) is 138 cm³/mol. The number of rotatable bonds is 2.